The Morgan fingerprint density at radius 2 is 1.81 bits per heavy atom. The van der Waals surface area contributed by atoms with Crippen molar-refractivity contribution >= 4 is 0 Å². The van der Waals surface area contributed by atoms with Crippen LogP contribution in [0.5, 0.6) is 0 Å². The molecule has 2 unspecified atom stereocenters. The molecule has 21 heavy (non-hydrogen) atoms. The average molecular weight is 279 g/mol. The zero-order valence-corrected chi connectivity index (χ0v) is 12.9. The summed E-state index contributed by atoms with van der Waals surface area (Å²) in [4.78, 5) is 0. The molecule has 0 aromatic heterocycles. The maximum Gasteiger partial charge on any atom is 0.0325 e. The number of nitrogens with one attached hydrogen (secondary N) is 1. The van der Waals surface area contributed by atoms with E-state index in [1.165, 1.54) is 31.2 Å². The van der Waals surface area contributed by atoms with Gasteiger partial charge < -0.3 is 5.32 Å². The van der Waals surface area contributed by atoms with Gasteiger partial charge in [0, 0.05) is 6.04 Å². The third kappa shape index (κ3) is 3.36. The fourth-order valence-corrected chi connectivity index (χ4v) is 3.65. The van der Waals surface area contributed by atoms with Crippen molar-refractivity contribution in [1.82, 2.24) is 5.32 Å². The van der Waals surface area contributed by atoms with Crippen LogP contribution in [0.3, 0.4) is 0 Å². The number of rotatable bonds is 5. The van der Waals surface area contributed by atoms with Gasteiger partial charge in [0.05, 0.1) is 0 Å². The summed E-state index contributed by atoms with van der Waals surface area (Å²) in [5.41, 5.74) is 4.57. The molecule has 110 valence electrons. The van der Waals surface area contributed by atoms with Gasteiger partial charge in [0.1, 0.15) is 0 Å². The van der Waals surface area contributed by atoms with E-state index in [4.69, 9.17) is 0 Å². The first kappa shape index (κ1) is 14.3. The van der Waals surface area contributed by atoms with Gasteiger partial charge in [0.15, 0.2) is 0 Å². The van der Waals surface area contributed by atoms with Crippen molar-refractivity contribution in [3.05, 3.63) is 71.3 Å². The third-order valence-corrected chi connectivity index (χ3v) is 4.67. The highest BCUT2D eigenvalue weighted by molar-refractivity contribution is 5.33. The molecule has 0 saturated carbocycles. The van der Waals surface area contributed by atoms with Crippen molar-refractivity contribution in [2.24, 2.45) is 0 Å². The highest BCUT2D eigenvalue weighted by Gasteiger charge is 2.23. The molecule has 0 fully saturated rings. The van der Waals surface area contributed by atoms with Crippen LogP contribution in [0.25, 0.3) is 0 Å². The largest absolute Gasteiger partial charge is 0.310 e. The van der Waals surface area contributed by atoms with Gasteiger partial charge in [-0.05, 0) is 54.8 Å². The second kappa shape index (κ2) is 6.91. The molecule has 0 saturated heterocycles. The zero-order valence-electron chi connectivity index (χ0n) is 12.9. The molecule has 1 aliphatic rings. The van der Waals surface area contributed by atoms with Gasteiger partial charge >= 0.3 is 0 Å². The molecule has 0 radical (unpaired) electrons. The van der Waals surface area contributed by atoms with Crippen LogP contribution in [0.2, 0.25) is 0 Å². The maximum absolute atomic E-state index is 3.68. The smallest absolute Gasteiger partial charge is 0.0325 e. The van der Waals surface area contributed by atoms with Gasteiger partial charge in [0.25, 0.3) is 0 Å². The Labute approximate surface area is 128 Å². The van der Waals surface area contributed by atoms with Gasteiger partial charge in [-0.1, -0.05) is 61.5 Å². The quantitative estimate of drug-likeness (QED) is 0.825. The number of hydrogen-bond acceptors (Lipinski definition) is 1. The SMILES string of the molecule is CCNC(CC1CCCc2ccccc21)c1ccccc1. The van der Waals surface area contributed by atoms with Crippen molar-refractivity contribution in [2.45, 2.75) is 44.6 Å². The van der Waals surface area contributed by atoms with Gasteiger partial charge in [-0.2, -0.15) is 0 Å². The summed E-state index contributed by atoms with van der Waals surface area (Å²) in [5.74, 6) is 0.694. The lowest BCUT2D eigenvalue weighted by Crippen LogP contribution is -2.24. The first-order valence-electron chi connectivity index (χ1n) is 8.24. The number of fused-ring (bicyclic) bond motifs is 1. The monoisotopic (exact) mass is 279 g/mol. The molecular formula is C20H25N. The van der Waals surface area contributed by atoms with Crippen LogP contribution in [-0.4, -0.2) is 6.54 Å². The second-order valence-electron chi connectivity index (χ2n) is 6.04. The number of aryl methyl sites for hydroxylation is 1. The fourth-order valence-electron chi connectivity index (χ4n) is 3.65. The molecule has 0 amide bonds. The molecule has 1 aliphatic carbocycles. The fraction of sp³-hybridized carbons (Fsp3) is 0.400. The minimum atomic E-state index is 0.465. The molecule has 0 heterocycles. The van der Waals surface area contributed by atoms with Gasteiger partial charge in [-0.15, -0.1) is 0 Å². The van der Waals surface area contributed by atoms with E-state index in [0.717, 1.165) is 6.54 Å². The number of hydrogen-bond donors (Lipinski definition) is 1. The van der Waals surface area contributed by atoms with Crippen molar-refractivity contribution in [1.29, 1.82) is 0 Å². The van der Waals surface area contributed by atoms with Gasteiger partial charge in [0.2, 0.25) is 0 Å². The van der Waals surface area contributed by atoms with E-state index in [1.807, 2.05) is 0 Å². The Morgan fingerprint density at radius 1 is 1.05 bits per heavy atom. The normalized spacial score (nSPS) is 19.0. The van der Waals surface area contributed by atoms with Crippen LogP contribution < -0.4 is 5.32 Å². The Bertz CT molecular complexity index is 561. The lowest BCUT2D eigenvalue weighted by molar-refractivity contribution is 0.426. The van der Waals surface area contributed by atoms with E-state index in [2.05, 4.69) is 66.8 Å². The minimum absolute atomic E-state index is 0.465. The summed E-state index contributed by atoms with van der Waals surface area (Å²) in [7, 11) is 0. The summed E-state index contributed by atoms with van der Waals surface area (Å²) in [6, 6.07) is 20.4. The molecule has 3 rings (SSSR count). The van der Waals surface area contributed by atoms with Crippen molar-refractivity contribution in [3.63, 3.8) is 0 Å². The van der Waals surface area contributed by atoms with Gasteiger partial charge in [-0.3, -0.25) is 0 Å². The Balaban J connectivity index is 1.81. The summed E-state index contributed by atoms with van der Waals surface area (Å²) in [5, 5.41) is 3.68. The predicted octanol–water partition coefficient (Wildman–Crippen LogP) is 4.85. The summed E-state index contributed by atoms with van der Waals surface area (Å²) < 4.78 is 0. The molecule has 2 aromatic rings. The van der Waals surface area contributed by atoms with Crippen LogP contribution >= 0.6 is 0 Å². The Hall–Kier alpha value is -1.60. The van der Waals surface area contributed by atoms with Crippen LogP contribution in [0, 0.1) is 0 Å². The maximum atomic E-state index is 3.68. The van der Waals surface area contributed by atoms with E-state index in [1.54, 1.807) is 11.1 Å². The number of benzene rings is 2. The average Bonchev–Trinajstić information content (AvgIpc) is 2.55. The van der Waals surface area contributed by atoms with E-state index >= 15 is 0 Å². The standard InChI is InChI=1S/C20H25N/c1-2-21-20(17-10-4-3-5-11-17)15-18-13-8-12-16-9-6-7-14-19(16)18/h3-7,9-11,14,18,20-21H,2,8,12-13,15H2,1H3. The van der Waals surface area contributed by atoms with E-state index in [0.29, 0.717) is 12.0 Å². The molecule has 2 atom stereocenters. The highest BCUT2D eigenvalue weighted by Crippen LogP contribution is 2.37. The van der Waals surface area contributed by atoms with Crippen molar-refractivity contribution in [2.75, 3.05) is 6.54 Å². The Kier molecular flexibility index (Phi) is 4.72. The molecule has 0 aliphatic heterocycles. The topological polar surface area (TPSA) is 12.0 Å². The lowest BCUT2D eigenvalue weighted by Gasteiger charge is -2.29. The van der Waals surface area contributed by atoms with E-state index in [-0.39, 0.29) is 0 Å². The molecular weight excluding hydrogens is 254 g/mol. The first-order chi connectivity index (χ1) is 10.4. The second-order valence-corrected chi connectivity index (χ2v) is 6.04. The summed E-state index contributed by atoms with van der Waals surface area (Å²) in [6.07, 6.45) is 5.11. The molecule has 0 spiro atoms. The molecule has 1 nitrogen and oxygen atoms in total. The molecule has 2 aromatic carbocycles. The Morgan fingerprint density at radius 3 is 2.62 bits per heavy atom. The van der Waals surface area contributed by atoms with Crippen LogP contribution in [-0.2, 0) is 6.42 Å². The lowest BCUT2D eigenvalue weighted by atomic mass is 9.78. The minimum Gasteiger partial charge on any atom is -0.310 e. The predicted molar refractivity (Wildman–Crippen MR) is 89.6 cm³/mol. The first-order valence-corrected chi connectivity index (χ1v) is 8.24. The van der Waals surface area contributed by atoms with E-state index in [9.17, 15) is 0 Å². The molecule has 1 heteroatoms. The van der Waals surface area contributed by atoms with E-state index < -0.39 is 0 Å². The molecule has 0 bridgehead atoms. The van der Waals surface area contributed by atoms with Crippen LogP contribution in [0.1, 0.15) is 54.8 Å². The highest BCUT2D eigenvalue weighted by atomic mass is 14.9. The molecule has 1 N–H and O–H groups in total. The van der Waals surface area contributed by atoms with Crippen LogP contribution in [0.4, 0.5) is 0 Å². The zero-order chi connectivity index (χ0) is 14.5. The van der Waals surface area contributed by atoms with Crippen LogP contribution in [0.15, 0.2) is 54.6 Å². The van der Waals surface area contributed by atoms with Crippen molar-refractivity contribution < 1.29 is 0 Å². The third-order valence-electron chi connectivity index (χ3n) is 4.67. The van der Waals surface area contributed by atoms with Crippen molar-refractivity contribution in [3.8, 4) is 0 Å². The van der Waals surface area contributed by atoms with Gasteiger partial charge in [-0.25, -0.2) is 0 Å². The summed E-state index contributed by atoms with van der Waals surface area (Å²) in [6.45, 7) is 3.22. The summed E-state index contributed by atoms with van der Waals surface area (Å²) >= 11 is 0.